The van der Waals surface area contributed by atoms with Crippen LogP contribution in [0.15, 0.2) is 6.07 Å². The zero-order valence-electron chi connectivity index (χ0n) is 8.05. The normalized spacial score (nSPS) is 13.3. The number of thiophene rings is 1. The van der Waals surface area contributed by atoms with Crippen LogP contribution in [0.2, 0.25) is 0 Å². The molecule has 1 heterocycles. The van der Waals surface area contributed by atoms with E-state index in [-0.39, 0.29) is 0 Å². The van der Waals surface area contributed by atoms with Gasteiger partial charge in [-0.2, -0.15) is 0 Å². The fraction of sp³-hybridized carbons (Fsp3) is 0.600. The van der Waals surface area contributed by atoms with Crippen LogP contribution >= 0.6 is 11.3 Å². The monoisotopic (exact) mass is 183 g/mol. The van der Waals surface area contributed by atoms with Crippen molar-refractivity contribution >= 4 is 11.3 Å². The van der Waals surface area contributed by atoms with Crippen molar-refractivity contribution in [3.05, 3.63) is 21.4 Å². The molecule has 68 valence electrons. The number of hydrogen-bond donors (Lipinski definition) is 1. The maximum Gasteiger partial charge on any atom is 0.00490 e. The molecule has 0 saturated carbocycles. The van der Waals surface area contributed by atoms with Crippen molar-refractivity contribution in [1.82, 2.24) is 0 Å². The highest BCUT2D eigenvalue weighted by atomic mass is 32.1. The Bertz CT molecular complexity index is 250. The molecule has 0 radical (unpaired) electrons. The van der Waals surface area contributed by atoms with E-state index in [0.717, 1.165) is 12.8 Å². The lowest BCUT2D eigenvalue weighted by Crippen LogP contribution is -2.15. The molecule has 1 unspecified atom stereocenters. The molecule has 0 spiro atoms. The molecular weight excluding hydrogens is 166 g/mol. The van der Waals surface area contributed by atoms with E-state index in [1.54, 1.807) is 0 Å². The average Bonchev–Trinajstić information content (AvgIpc) is 2.26. The molecule has 2 heteroatoms. The van der Waals surface area contributed by atoms with Crippen molar-refractivity contribution in [1.29, 1.82) is 0 Å². The average molecular weight is 183 g/mol. The maximum atomic E-state index is 5.70. The number of nitrogens with two attached hydrogens (primary N) is 1. The molecule has 0 bridgehead atoms. The zero-order chi connectivity index (χ0) is 9.14. The maximum absolute atomic E-state index is 5.70. The van der Waals surface area contributed by atoms with E-state index < -0.39 is 0 Å². The molecule has 0 aliphatic heterocycles. The summed E-state index contributed by atoms with van der Waals surface area (Å²) in [5.74, 6) is 0. The first-order valence-corrected chi connectivity index (χ1v) is 5.22. The Morgan fingerprint density at radius 1 is 1.50 bits per heavy atom. The lowest BCUT2D eigenvalue weighted by atomic mass is 10.1. The summed E-state index contributed by atoms with van der Waals surface area (Å²) >= 11 is 1.88. The van der Waals surface area contributed by atoms with Gasteiger partial charge in [0.05, 0.1) is 0 Å². The van der Waals surface area contributed by atoms with Crippen LogP contribution in [-0.2, 0) is 6.42 Å². The summed E-state index contributed by atoms with van der Waals surface area (Å²) in [6, 6.07) is 2.60. The molecule has 1 nitrogen and oxygen atoms in total. The Hall–Kier alpha value is -0.340. The molecule has 0 aliphatic carbocycles. The molecule has 0 aliphatic rings. The molecule has 12 heavy (non-hydrogen) atoms. The van der Waals surface area contributed by atoms with Crippen LogP contribution in [0.25, 0.3) is 0 Å². The number of aryl methyl sites for hydroxylation is 3. The first-order valence-electron chi connectivity index (χ1n) is 4.41. The van der Waals surface area contributed by atoms with E-state index >= 15 is 0 Å². The molecule has 0 aromatic carbocycles. The highest BCUT2D eigenvalue weighted by molar-refractivity contribution is 7.12. The van der Waals surface area contributed by atoms with E-state index in [2.05, 4.69) is 26.8 Å². The Labute approximate surface area is 78.6 Å². The minimum absolute atomic E-state index is 0.324. The van der Waals surface area contributed by atoms with Crippen molar-refractivity contribution in [3.8, 4) is 0 Å². The predicted molar refractivity (Wildman–Crippen MR) is 55.8 cm³/mol. The van der Waals surface area contributed by atoms with Crippen molar-refractivity contribution in [3.63, 3.8) is 0 Å². The van der Waals surface area contributed by atoms with E-state index in [1.807, 2.05) is 11.3 Å². The zero-order valence-corrected chi connectivity index (χ0v) is 8.87. The fourth-order valence-corrected chi connectivity index (χ4v) is 2.29. The summed E-state index contributed by atoms with van der Waals surface area (Å²) in [5, 5.41) is 0. The van der Waals surface area contributed by atoms with E-state index in [0.29, 0.717) is 6.04 Å². The minimum Gasteiger partial charge on any atom is -0.328 e. The lowest BCUT2D eigenvalue weighted by Gasteiger charge is -2.03. The van der Waals surface area contributed by atoms with Gasteiger partial charge in [-0.05, 0) is 45.2 Å². The summed E-state index contributed by atoms with van der Waals surface area (Å²) in [5.41, 5.74) is 7.18. The van der Waals surface area contributed by atoms with Gasteiger partial charge in [0.25, 0.3) is 0 Å². The van der Waals surface area contributed by atoms with Crippen LogP contribution in [0, 0.1) is 13.8 Å². The van der Waals surface area contributed by atoms with E-state index in [1.165, 1.54) is 15.3 Å². The summed E-state index contributed by atoms with van der Waals surface area (Å²) in [7, 11) is 0. The van der Waals surface area contributed by atoms with Crippen molar-refractivity contribution < 1.29 is 0 Å². The van der Waals surface area contributed by atoms with Crippen molar-refractivity contribution in [2.75, 3.05) is 0 Å². The second-order valence-electron chi connectivity index (χ2n) is 3.45. The molecule has 0 saturated heterocycles. The smallest absolute Gasteiger partial charge is 0.00490 e. The number of rotatable bonds is 3. The van der Waals surface area contributed by atoms with Gasteiger partial charge in [-0.3, -0.25) is 0 Å². The molecule has 1 aromatic heterocycles. The van der Waals surface area contributed by atoms with E-state index in [9.17, 15) is 0 Å². The lowest BCUT2D eigenvalue weighted by molar-refractivity contribution is 0.666. The minimum atomic E-state index is 0.324. The van der Waals surface area contributed by atoms with Gasteiger partial charge in [0.2, 0.25) is 0 Å². The van der Waals surface area contributed by atoms with Crippen LogP contribution in [0.5, 0.6) is 0 Å². The second kappa shape index (κ2) is 4.06. The van der Waals surface area contributed by atoms with Crippen LogP contribution in [-0.4, -0.2) is 6.04 Å². The Morgan fingerprint density at radius 3 is 2.58 bits per heavy atom. The highest BCUT2D eigenvalue weighted by Crippen LogP contribution is 2.21. The first-order chi connectivity index (χ1) is 5.59. The second-order valence-corrected chi connectivity index (χ2v) is 4.91. The Morgan fingerprint density at radius 2 is 2.17 bits per heavy atom. The van der Waals surface area contributed by atoms with Gasteiger partial charge in [0, 0.05) is 15.8 Å². The van der Waals surface area contributed by atoms with E-state index in [4.69, 9.17) is 5.73 Å². The topological polar surface area (TPSA) is 26.0 Å². The van der Waals surface area contributed by atoms with Gasteiger partial charge in [-0.1, -0.05) is 0 Å². The van der Waals surface area contributed by atoms with Gasteiger partial charge in [0.1, 0.15) is 0 Å². The standard InChI is InChI=1S/C10H17NS/c1-7(11)4-5-10-6-8(2)12-9(10)3/h6-7H,4-5,11H2,1-3H3. The largest absolute Gasteiger partial charge is 0.328 e. The van der Waals surface area contributed by atoms with Gasteiger partial charge in [-0.25, -0.2) is 0 Å². The highest BCUT2D eigenvalue weighted by Gasteiger charge is 2.03. The molecule has 1 aromatic rings. The molecule has 1 atom stereocenters. The first kappa shape index (κ1) is 9.75. The number of hydrogen-bond acceptors (Lipinski definition) is 2. The Kier molecular flexibility index (Phi) is 3.29. The van der Waals surface area contributed by atoms with Crippen molar-refractivity contribution in [2.45, 2.75) is 39.7 Å². The van der Waals surface area contributed by atoms with Crippen LogP contribution in [0.1, 0.15) is 28.7 Å². The summed E-state index contributed by atoms with van der Waals surface area (Å²) in [6.45, 7) is 6.41. The summed E-state index contributed by atoms with van der Waals surface area (Å²) in [4.78, 5) is 2.86. The van der Waals surface area contributed by atoms with Crippen LogP contribution < -0.4 is 5.73 Å². The summed E-state index contributed by atoms with van der Waals surface area (Å²) in [6.07, 6.45) is 2.23. The van der Waals surface area contributed by atoms with Crippen molar-refractivity contribution in [2.24, 2.45) is 5.73 Å². The molecule has 2 N–H and O–H groups in total. The molecule has 1 rings (SSSR count). The summed E-state index contributed by atoms with van der Waals surface area (Å²) < 4.78 is 0. The van der Waals surface area contributed by atoms with Crippen LogP contribution in [0.4, 0.5) is 0 Å². The predicted octanol–water partition coefficient (Wildman–Crippen LogP) is 2.64. The van der Waals surface area contributed by atoms with Gasteiger partial charge < -0.3 is 5.73 Å². The SMILES string of the molecule is Cc1cc(CCC(C)N)c(C)s1. The van der Waals surface area contributed by atoms with Crippen LogP contribution in [0.3, 0.4) is 0 Å². The van der Waals surface area contributed by atoms with Gasteiger partial charge >= 0.3 is 0 Å². The molecular formula is C10H17NS. The third-order valence-electron chi connectivity index (χ3n) is 2.01. The van der Waals surface area contributed by atoms with Gasteiger partial charge in [0.15, 0.2) is 0 Å². The quantitative estimate of drug-likeness (QED) is 0.766. The third-order valence-corrected chi connectivity index (χ3v) is 3.02. The Balaban J connectivity index is 2.57. The van der Waals surface area contributed by atoms with Gasteiger partial charge in [-0.15, -0.1) is 11.3 Å². The molecule has 0 fully saturated rings. The third kappa shape index (κ3) is 2.61. The fourth-order valence-electron chi connectivity index (χ4n) is 1.31. The molecule has 0 amide bonds.